The van der Waals surface area contributed by atoms with Crippen molar-refractivity contribution in [3.8, 4) is 11.5 Å². The van der Waals surface area contributed by atoms with Gasteiger partial charge in [0.2, 0.25) is 11.1 Å². The van der Waals surface area contributed by atoms with Crippen LogP contribution in [-0.2, 0) is 11.4 Å². The molecule has 5 rings (SSSR count). The molecular weight excluding hydrogens is 522 g/mol. The van der Waals surface area contributed by atoms with Crippen LogP contribution in [0.5, 0.6) is 11.5 Å². The summed E-state index contributed by atoms with van der Waals surface area (Å²) in [5, 5.41) is 11.8. The molecule has 1 amide bonds. The highest BCUT2D eigenvalue weighted by Crippen LogP contribution is 2.40. The molecule has 0 fully saturated rings. The van der Waals surface area contributed by atoms with E-state index in [1.54, 1.807) is 23.6 Å². The van der Waals surface area contributed by atoms with Crippen molar-refractivity contribution in [2.24, 2.45) is 0 Å². The Morgan fingerprint density at radius 2 is 1.75 bits per heavy atom. The number of hydrogen-bond acceptors (Lipinski definition) is 7. The van der Waals surface area contributed by atoms with Crippen LogP contribution in [0, 0.1) is 6.92 Å². The molecule has 3 aromatic carbocycles. The van der Waals surface area contributed by atoms with Crippen LogP contribution in [0.15, 0.2) is 89.2 Å². The number of aryl methyl sites for hydroxylation is 1. The third kappa shape index (κ3) is 5.84. The van der Waals surface area contributed by atoms with Crippen LogP contribution in [0.2, 0.25) is 0 Å². The molecule has 0 bridgehead atoms. The molecule has 2 N–H and O–H groups in total. The monoisotopic (exact) mass is 555 g/mol. The molecule has 40 heavy (non-hydrogen) atoms. The topological polar surface area (TPSA) is 90.3 Å². The van der Waals surface area contributed by atoms with Gasteiger partial charge < -0.3 is 20.1 Å². The zero-order valence-corrected chi connectivity index (χ0v) is 23.9. The third-order valence-electron chi connectivity index (χ3n) is 6.60. The summed E-state index contributed by atoms with van der Waals surface area (Å²) in [5.41, 5.74) is 4.87. The van der Waals surface area contributed by atoms with Crippen LogP contribution in [0.3, 0.4) is 0 Å². The standard InChI is InChI=1S/C31H33N5O3S/c1-5-18-40-31-34-30-32-21(3)27(29(37)33-24-11-7-9-13-26(24)38-4)28(36(30)35-31)23-10-6-8-12-25(23)39-19-22-16-14-20(2)15-17-22/h6-17,28H,5,18-19H2,1-4H3,(H,33,37)(H,32,34,35). The van der Waals surface area contributed by atoms with E-state index in [0.717, 1.165) is 23.3 Å². The van der Waals surface area contributed by atoms with E-state index in [1.807, 2.05) is 55.5 Å². The summed E-state index contributed by atoms with van der Waals surface area (Å²) in [4.78, 5) is 18.7. The maximum absolute atomic E-state index is 14.0. The number of carbonyl (C=O) groups is 1. The van der Waals surface area contributed by atoms with Crippen LogP contribution >= 0.6 is 11.8 Å². The number of allylic oxidation sites excluding steroid dienone is 1. The van der Waals surface area contributed by atoms with Gasteiger partial charge in [-0.25, -0.2) is 4.68 Å². The molecule has 0 saturated heterocycles. The number of amides is 1. The van der Waals surface area contributed by atoms with Crippen molar-refractivity contribution in [1.29, 1.82) is 0 Å². The van der Waals surface area contributed by atoms with Crippen molar-refractivity contribution in [2.75, 3.05) is 23.5 Å². The van der Waals surface area contributed by atoms with Crippen molar-refractivity contribution in [2.45, 2.75) is 45.0 Å². The number of methoxy groups -OCH3 is 1. The van der Waals surface area contributed by atoms with Crippen LogP contribution in [-0.4, -0.2) is 33.5 Å². The van der Waals surface area contributed by atoms with Gasteiger partial charge in [0.25, 0.3) is 5.91 Å². The molecular formula is C31H33N5O3S. The summed E-state index contributed by atoms with van der Waals surface area (Å²) in [6, 6.07) is 22.8. The summed E-state index contributed by atoms with van der Waals surface area (Å²) >= 11 is 1.59. The van der Waals surface area contributed by atoms with Gasteiger partial charge in [-0.2, -0.15) is 4.98 Å². The van der Waals surface area contributed by atoms with Crippen LogP contribution in [0.1, 0.15) is 43.0 Å². The average Bonchev–Trinajstić information content (AvgIpc) is 3.37. The number of rotatable bonds is 10. The predicted molar refractivity (Wildman–Crippen MR) is 159 cm³/mol. The number of ether oxygens (including phenoxy) is 2. The van der Waals surface area contributed by atoms with E-state index in [0.29, 0.717) is 46.2 Å². The second-order valence-corrected chi connectivity index (χ2v) is 10.6. The van der Waals surface area contributed by atoms with E-state index < -0.39 is 6.04 Å². The van der Waals surface area contributed by atoms with Gasteiger partial charge >= 0.3 is 0 Å². The zero-order chi connectivity index (χ0) is 28.1. The molecule has 0 aliphatic carbocycles. The number of benzene rings is 3. The fourth-order valence-electron chi connectivity index (χ4n) is 4.59. The molecule has 0 saturated carbocycles. The Morgan fingerprint density at radius 1 is 1.02 bits per heavy atom. The number of nitrogens with zero attached hydrogens (tertiary/aromatic N) is 3. The Morgan fingerprint density at radius 3 is 2.50 bits per heavy atom. The summed E-state index contributed by atoms with van der Waals surface area (Å²) in [6.45, 7) is 6.47. The van der Waals surface area contributed by atoms with Crippen molar-refractivity contribution < 1.29 is 14.3 Å². The van der Waals surface area contributed by atoms with Gasteiger partial charge in [-0.15, -0.1) is 5.10 Å². The molecule has 0 spiro atoms. The lowest BCUT2D eigenvalue weighted by Gasteiger charge is -2.29. The zero-order valence-electron chi connectivity index (χ0n) is 23.1. The fourth-order valence-corrected chi connectivity index (χ4v) is 5.27. The van der Waals surface area contributed by atoms with Gasteiger partial charge in [-0.1, -0.05) is 78.8 Å². The molecule has 1 aromatic heterocycles. The highest BCUT2D eigenvalue weighted by Gasteiger charge is 2.36. The summed E-state index contributed by atoms with van der Waals surface area (Å²) in [5.74, 6) is 2.48. The van der Waals surface area contributed by atoms with Crippen molar-refractivity contribution in [3.05, 3.63) is 101 Å². The van der Waals surface area contributed by atoms with E-state index in [2.05, 4.69) is 48.7 Å². The van der Waals surface area contributed by atoms with E-state index in [4.69, 9.17) is 19.6 Å². The van der Waals surface area contributed by atoms with E-state index in [1.165, 1.54) is 5.56 Å². The maximum atomic E-state index is 14.0. The SMILES string of the molecule is CCCSc1nc2n(n1)C(c1ccccc1OCc1ccc(C)cc1)C(C(=O)Nc1ccccc1OC)=C(C)N2. The largest absolute Gasteiger partial charge is 0.495 e. The quantitative estimate of drug-likeness (QED) is 0.213. The van der Waals surface area contributed by atoms with E-state index >= 15 is 0 Å². The first-order chi connectivity index (χ1) is 19.5. The predicted octanol–water partition coefficient (Wildman–Crippen LogP) is 6.60. The normalized spacial score (nSPS) is 14.3. The fraction of sp³-hybridized carbons (Fsp3) is 0.258. The molecule has 9 heteroatoms. The summed E-state index contributed by atoms with van der Waals surface area (Å²) < 4.78 is 13.6. The first kappa shape index (κ1) is 27.3. The van der Waals surface area contributed by atoms with Crippen LogP contribution < -0.4 is 20.1 Å². The molecule has 1 aliphatic rings. The van der Waals surface area contributed by atoms with Crippen molar-refractivity contribution >= 4 is 29.3 Å². The number of carbonyl (C=O) groups excluding carboxylic acids is 1. The second-order valence-electron chi connectivity index (χ2n) is 9.54. The van der Waals surface area contributed by atoms with Crippen LogP contribution in [0.25, 0.3) is 0 Å². The summed E-state index contributed by atoms with van der Waals surface area (Å²) in [7, 11) is 1.58. The van der Waals surface area contributed by atoms with E-state index in [9.17, 15) is 4.79 Å². The molecule has 206 valence electrons. The number of fused-ring (bicyclic) bond motifs is 1. The second kappa shape index (κ2) is 12.3. The number of anilines is 2. The van der Waals surface area contributed by atoms with Gasteiger partial charge in [0.15, 0.2) is 0 Å². The minimum absolute atomic E-state index is 0.267. The van der Waals surface area contributed by atoms with E-state index in [-0.39, 0.29) is 5.91 Å². The van der Waals surface area contributed by atoms with Gasteiger partial charge in [0.05, 0.1) is 18.4 Å². The van der Waals surface area contributed by atoms with Crippen molar-refractivity contribution in [1.82, 2.24) is 14.8 Å². The molecule has 2 heterocycles. The molecule has 1 aliphatic heterocycles. The summed E-state index contributed by atoms with van der Waals surface area (Å²) in [6.07, 6.45) is 1.00. The number of hydrogen-bond donors (Lipinski definition) is 2. The Bertz CT molecular complexity index is 1530. The Labute approximate surface area is 238 Å². The minimum Gasteiger partial charge on any atom is -0.495 e. The molecule has 8 nitrogen and oxygen atoms in total. The average molecular weight is 556 g/mol. The molecule has 1 atom stereocenters. The number of thioether (sulfide) groups is 1. The Kier molecular flexibility index (Phi) is 8.40. The Hall–Kier alpha value is -4.24. The molecule has 1 unspecified atom stereocenters. The van der Waals surface area contributed by atoms with Crippen molar-refractivity contribution in [3.63, 3.8) is 0 Å². The molecule has 0 radical (unpaired) electrons. The van der Waals surface area contributed by atoms with Gasteiger partial charge in [0.1, 0.15) is 24.1 Å². The first-order valence-corrected chi connectivity index (χ1v) is 14.3. The maximum Gasteiger partial charge on any atom is 0.255 e. The highest BCUT2D eigenvalue weighted by molar-refractivity contribution is 7.99. The highest BCUT2D eigenvalue weighted by atomic mass is 32.2. The minimum atomic E-state index is -0.566. The number of nitrogens with one attached hydrogen (secondary N) is 2. The number of aromatic nitrogens is 3. The van der Waals surface area contributed by atoms with Gasteiger partial charge in [-0.05, 0) is 44.0 Å². The number of para-hydroxylation sites is 3. The smallest absolute Gasteiger partial charge is 0.255 e. The third-order valence-corrected chi connectivity index (χ3v) is 7.64. The first-order valence-electron chi connectivity index (χ1n) is 13.3. The lowest BCUT2D eigenvalue weighted by Crippen LogP contribution is -2.31. The van der Waals surface area contributed by atoms with Crippen LogP contribution in [0.4, 0.5) is 11.6 Å². The molecule has 4 aromatic rings. The lowest BCUT2D eigenvalue weighted by molar-refractivity contribution is -0.113. The van der Waals surface area contributed by atoms with Gasteiger partial charge in [-0.3, -0.25) is 4.79 Å². The Balaban J connectivity index is 1.55. The lowest BCUT2D eigenvalue weighted by atomic mass is 9.94. The van der Waals surface area contributed by atoms with Gasteiger partial charge in [0, 0.05) is 17.0 Å².